The SMILES string of the molecule is Nc1ccc(/C=C2\Oc3ccc(O)cc3C2=O)cc1. The van der Waals surface area contributed by atoms with Gasteiger partial charge in [-0.3, -0.25) is 4.79 Å². The van der Waals surface area contributed by atoms with E-state index in [1.54, 1.807) is 36.4 Å². The summed E-state index contributed by atoms with van der Waals surface area (Å²) in [6.45, 7) is 0. The standard InChI is InChI=1S/C15H11NO3/c16-10-3-1-9(2-4-10)7-14-15(18)12-8-11(17)5-6-13(12)19-14/h1-8,17H,16H2/b14-7-. The average Bonchev–Trinajstić information content (AvgIpc) is 2.70. The van der Waals surface area contributed by atoms with Crippen LogP contribution in [0.5, 0.6) is 11.5 Å². The second-order valence-electron chi connectivity index (χ2n) is 4.29. The number of benzene rings is 2. The van der Waals surface area contributed by atoms with Crippen LogP contribution in [-0.4, -0.2) is 10.9 Å². The van der Waals surface area contributed by atoms with Crippen molar-refractivity contribution in [1.82, 2.24) is 0 Å². The van der Waals surface area contributed by atoms with E-state index in [1.165, 1.54) is 12.1 Å². The molecule has 94 valence electrons. The Labute approximate surface area is 109 Å². The van der Waals surface area contributed by atoms with E-state index < -0.39 is 0 Å². The van der Waals surface area contributed by atoms with Crippen LogP contribution in [0.25, 0.3) is 6.08 Å². The molecule has 2 aromatic rings. The summed E-state index contributed by atoms with van der Waals surface area (Å²) in [5.41, 5.74) is 7.47. The lowest BCUT2D eigenvalue weighted by Crippen LogP contribution is -1.98. The number of Topliss-reactive ketones (excluding diaryl/α,β-unsaturated/α-hetero) is 1. The minimum Gasteiger partial charge on any atom is -0.508 e. The summed E-state index contributed by atoms with van der Waals surface area (Å²) in [6, 6.07) is 11.6. The van der Waals surface area contributed by atoms with Crippen molar-refractivity contribution in [1.29, 1.82) is 0 Å². The number of anilines is 1. The van der Waals surface area contributed by atoms with Crippen LogP contribution in [0.1, 0.15) is 15.9 Å². The van der Waals surface area contributed by atoms with Gasteiger partial charge in [-0.1, -0.05) is 12.1 Å². The molecule has 0 unspecified atom stereocenters. The molecule has 0 aromatic heterocycles. The maximum atomic E-state index is 12.1. The van der Waals surface area contributed by atoms with Crippen molar-refractivity contribution in [3.63, 3.8) is 0 Å². The lowest BCUT2D eigenvalue weighted by Gasteiger charge is -1.99. The maximum Gasteiger partial charge on any atom is 0.232 e. The fourth-order valence-corrected chi connectivity index (χ4v) is 1.92. The molecule has 1 aliphatic heterocycles. The topological polar surface area (TPSA) is 72.6 Å². The van der Waals surface area contributed by atoms with Gasteiger partial charge in [-0.25, -0.2) is 0 Å². The van der Waals surface area contributed by atoms with Crippen molar-refractivity contribution >= 4 is 17.5 Å². The van der Waals surface area contributed by atoms with Gasteiger partial charge < -0.3 is 15.6 Å². The minimum absolute atomic E-state index is 0.0458. The number of ketones is 1. The number of fused-ring (bicyclic) bond motifs is 1. The first kappa shape index (κ1) is 11.3. The molecule has 3 N–H and O–H groups in total. The van der Waals surface area contributed by atoms with E-state index in [-0.39, 0.29) is 17.3 Å². The Balaban J connectivity index is 1.97. The highest BCUT2D eigenvalue weighted by molar-refractivity contribution is 6.14. The van der Waals surface area contributed by atoms with E-state index in [9.17, 15) is 9.90 Å². The highest BCUT2D eigenvalue weighted by Crippen LogP contribution is 2.34. The molecular weight excluding hydrogens is 242 g/mol. The summed E-state index contributed by atoms with van der Waals surface area (Å²) in [4.78, 5) is 12.1. The molecule has 0 radical (unpaired) electrons. The molecule has 1 aliphatic rings. The monoisotopic (exact) mass is 253 g/mol. The number of phenols is 1. The third-order valence-corrected chi connectivity index (χ3v) is 2.89. The lowest BCUT2D eigenvalue weighted by atomic mass is 10.1. The molecule has 19 heavy (non-hydrogen) atoms. The minimum atomic E-state index is -0.234. The highest BCUT2D eigenvalue weighted by Gasteiger charge is 2.27. The van der Waals surface area contributed by atoms with Gasteiger partial charge in [-0.15, -0.1) is 0 Å². The molecule has 1 heterocycles. The zero-order valence-electron chi connectivity index (χ0n) is 9.96. The van der Waals surface area contributed by atoms with Gasteiger partial charge in [0.15, 0.2) is 5.76 Å². The van der Waals surface area contributed by atoms with E-state index in [2.05, 4.69) is 0 Å². The first-order valence-corrected chi connectivity index (χ1v) is 5.76. The number of carbonyl (C=O) groups excluding carboxylic acids is 1. The molecule has 0 atom stereocenters. The Morgan fingerprint density at radius 2 is 1.84 bits per heavy atom. The van der Waals surface area contributed by atoms with Gasteiger partial charge in [0.2, 0.25) is 5.78 Å². The van der Waals surface area contributed by atoms with Crippen LogP contribution >= 0.6 is 0 Å². The van der Waals surface area contributed by atoms with Crippen LogP contribution in [-0.2, 0) is 0 Å². The quantitative estimate of drug-likeness (QED) is 0.605. The predicted octanol–water partition coefficient (Wildman–Crippen LogP) is 2.59. The molecule has 4 nitrogen and oxygen atoms in total. The van der Waals surface area contributed by atoms with E-state index >= 15 is 0 Å². The van der Waals surface area contributed by atoms with E-state index in [0.29, 0.717) is 17.0 Å². The summed E-state index contributed by atoms with van der Waals surface area (Å²) in [6.07, 6.45) is 1.65. The van der Waals surface area contributed by atoms with Crippen LogP contribution in [0.4, 0.5) is 5.69 Å². The van der Waals surface area contributed by atoms with Gasteiger partial charge in [0.05, 0.1) is 5.56 Å². The molecule has 0 bridgehead atoms. The normalized spacial score (nSPS) is 15.4. The van der Waals surface area contributed by atoms with Crippen molar-refractivity contribution in [3.8, 4) is 11.5 Å². The van der Waals surface area contributed by atoms with Crippen molar-refractivity contribution in [2.75, 3.05) is 5.73 Å². The number of rotatable bonds is 1. The highest BCUT2D eigenvalue weighted by atomic mass is 16.5. The second kappa shape index (κ2) is 4.17. The molecule has 3 rings (SSSR count). The molecule has 4 heteroatoms. The molecular formula is C15H11NO3. The molecule has 0 spiro atoms. The predicted molar refractivity (Wildman–Crippen MR) is 71.9 cm³/mol. The third kappa shape index (κ3) is 2.04. The lowest BCUT2D eigenvalue weighted by molar-refractivity contribution is 0.101. The Morgan fingerprint density at radius 1 is 1.11 bits per heavy atom. The number of carbonyl (C=O) groups is 1. The van der Waals surface area contributed by atoms with Crippen molar-refractivity contribution in [3.05, 3.63) is 59.4 Å². The van der Waals surface area contributed by atoms with Crippen molar-refractivity contribution < 1.29 is 14.6 Å². The number of aromatic hydroxyl groups is 1. The number of allylic oxidation sites excluding steroid dienone is 1. The second-order valence-corrected chi connectivity index (χ2v) is 4.29. The zero-order valence-corrected chi connectivity index (χ0v) is 9.96. The molecule has 0 saturated carbocycles. The zero-order chi connectivity index (χ0) is 13.4. The Bertz CT molecular complexity index is 687. The van der Waals surface area contributed by atoms with Crippen LogP contribution in [0.2, 0.25) is 0 Å². The van der Waals surface area contributed by atoms with Gasteiger partial charge in [0.1, 0.15) is 11.5 Å². The molecule has 0 amide bonds. The summed E-state index contributed by atoms with van der Waals surface area (Å²) in [5, 5.41) is 9.38. The van der Waals surface area contributed by atoms with Crippen LogP contribution in [0.3, 0.4) is 0 Å². The molecule has 0 saturated heterocycles. The van der Waals surface area contributed by atoms with E-state index in [1.807, 2.05) is 0 Å². The average molecular weight is 253 g/mol. The van der Waals surface area contributed by atoms with Gasteiger partial charge >= 0.3 is 0 Å². The van der Waals surface area contributed by atoms with Crippen LogP contribution in [0, 0.1) is 0 Å². The Kier molecular flexibility index (Phi) is 2.49. The van der Waals surface area contributed by atoms with Gasteiger partial charge in [0.25, 0.3) is 0 Å². The summed E-state index contributed by atoms with van der Waals surface area (Å²) in [5.74, 6) is 0.516. The third-order valence-electron chi connectivity index (χ3n) is 2.89. The number of hydrogen-bond acceptors (Lipinski definition) is 4. The summed E-state index contributed by atoms with van der Waals surface area (Å²) < 4.78 is 5.48. The fraction of sp³-hybridized carbons (Fsp3) is 0. The van der Waals surface area contributed by atoms with Gasteiger partial charge in [0, 0.05) is 5.69 Å². The van der Waals surface area contributed by atoms with Crippen molar-refractivity contribution in [2.45, 2.75) is 0 Å². The largest absolute Gasteiger partial charge is 0.508 e. The summed E-state index contributed by atoms with van der Waals surface area (Å²) >= 11 is 0. The number of nitrogen functional groups attached to an aromatic ring is 1. The summed E-state index contributed by atoms with van der Waals surface area (Å²) in [7, 11) is 0. The number of ether oxygens (including phenoxy) is 1. The molecule has 0 fully saturated rings. The van der Waals surface area contributed by atoms with Crippen LogP contribution < -0.4 is 10.5 Å². The van der Waals surface area contributed by atoms with Gasteiger partial charge in [-0.05, 0) is 42.0 Å². The smallest absolute Gasteiger partial charge is 0.232 e. The van der Waals surface area contributed by atoms with Crippen molar-refractivity contribution in [2.24, 2.45) is 0 Å². The number of hydrogen-bond donors (Lipinski definition) is 2. The number of nitrogens with two attached hydrogens (primary N) is 1. The first-order valence-electron chi connectivity index (χ1n) is 5.76. The Hall–Kier alpha value is -2.75. The fourth-order valence-electron chi connectivity index (χ4n) is 1.92. The Morgan fingerprint density at radius 3 is 2.58 bits per heavy atom. The number of phenolic OH excluding ortho intramolecular Hbond substituents is 1. The van der Waals surface area contributed by atoms with Gasteiger partial charge in [-0.2, -0.15) is 0 Å². The van der Waals surface area contributed by atoms with E-state index in [0.717, 1.165) is 5.56 Å². The van der Waals surface area contributed by atoms with E-state index in [4.69, 9.17) is 10.5 Å². The van der Waals surface area contributed by atoms with Crippen LogP contribution in [0.15, 0.2) is 48.2 Å². The maximum absolute atomic E-state index is 12.1. The first-order chi connectivity index (χ1) is 9.13. The molecule has 0 aliphatic carbocycles. The molecule has 2 aromatic carbocycles.